The van der Waals surface area contributed by atoms with Crippen molar-refractivity contribution in [2.45, 2.75) is 19.9 Å². The number of nitrogens with zero attached hydrogens (tertiary/aromatic N) is 5. The third kappa shape index (κ3) is 3.81. The average molecular weight is 348 g/mol. The number of benzene rings is 1. The molecule has 0 saturated carbocycles. The van der Waals surface area contributed by atoms with Crippen molar-refractivity contribution < 1.29 is 14.5 Å². The second-order valence-corrected chi connectivity index (χ2v) is 5.13. The molecule has 0 fully saturated rings. The number of carbonyl (C=O) groups excluding carboxylic acids is 2. The number of nitrogens with one attached hydrogen (secondary N) is 1. The summed E-state index contributed by atoms with van der Waals surface area (Å²) >= 11 is 4.94. The van der Waals surface area contributed by atoms with Gasteiger partial charge in [-0.2, -0.15) is 15.2 Å². The van der Waals surface area contributed by atoms with E-state index in [1.54, 1.807) is 6.92 Å². The van der Waals surface area contributed by atoms with Crippen LogP contribution in [0.2, 0.25) is 0 Å². The van der Waals surface area contributed by atoms with Crippen LogP contribution in [0.25, 0.3) is 0 Å². The van der Waals surface area contributed by atoms with Crippen LogP contribution in [0.15, 0.2) is 39.5 Å². The third-order valence-corrected chi connectivity index (χ3v) is 3.21. The Hall–Kier alpha value is -3.08. The highest BCUT2D eigenvalue weighted by Crippen LogP contribution is 2.19. The van der Waals surface area contributed by atoms with Crippen LogP contribution >= 0.6 is 12.2 Å². The second-order valence-electron chi connectivity index (χ2n) is 4.77. The Balaban J connectivity index is 2.22. The summed E-state index contributed by atoms with van der Waals surface area (Å²) in [6.07, 6.45) is 0. The third-order valence-electron chi connectivity index (χ3n) is 2.93. The standard InChI is InChI=1S/C13H12N6O4S/c1-7-11(12(21)18(13(24)14-7)17-8(2)20)16-15-9-3-5-10(6-4-9)19(22)23/h3-6,11H,1-2H3,(H,17,20)/t11-/m1/s1. The van der Waals surface area contributed by atoms with Crippen molar-refractivity contribution in [3.05, 3.63) is 34.4 Å². The van der Waals surface area contributed by atoms with Gasteiger partial charge >= 0.3 is 0 Å². The molecule has 0 spiro atoms. The van der Waals surface area contributed by atoms with Gasteiger partial charge in [-0.05, 0) is 31.3 Å². The molecular weight excluding hydrogens is 336 g/mol. The predicted octanol–water partition coefficient (Wildman–Crippen LogP) is 1.69. The molecule has 0 radical (unpaired) electrons. The van der Waals surface area contributed by atoms with E-state index >= 15 is 0 Å². The van der Waals surface area contributed by atoms with Crippen molar-refractivity contribution in [2.24, 2.45) is 15.2 Å². The zero-order valence-corrected chi connectivity index (χ0v) is 13.5. The summed E-state index contributed by atoms with van der Waals surface area (Å²) < 4.78 is 0. The Kier molecular flexibility index (Phi) is 5.04. The lowest BCUT2D eigenvalue weighted by atomic mass is 10.1. The van der Waals surface area contributed by atoms with E-state index in [1.165, 1.54) is 31.2 Å². The molecule has 0 unspecified atom stereocenters. The van der Waals surface area contributed by atoms with Gasteiger partial charge in [0, 0.05) is 19.1 Å². The summed E-state index contributed by atoms with van der Waals surface area (Å²) in [4.78, 5) is 37.5. The average Bonchev–Trinajstić information content (AvgIpc) is 2.51. The Morgan fingerprint density at radius 1 is 1.42 bits per heavy atom. The summed E-state index contributed by atoms with van der Waals surface area (Å²) in [5, 5.41) is 19.1. The Morgan fingerprint density at radius 3 is 2.58 bits per heavy atom. The number of hydrazine groups is 1. The van der Waals surface area contributed by atoms with Crippen LogP contribution in [0, 0.1) is 10.1 Å². The van der Waals surface area contributed by atoms with Crippen molar-refractivity contribution >= 4 is 46.2 Å². The minimum Gasteiger partial charge on any atom is -0.274 e. The van der Waals surface area contributed by atoms with Crippen molar-refractivity contribution in [1.29, 1.82) is 0 Å². The highest BCUT2D eigenvalue weighted by molar-refractivity contribution is 7.80. The zero-order valence-electron chi connectivity index (χ0n) is 12.7. The van der Waals surface area contributed by atoms with Gasteiger partial charge in [-0.3, -0.25) is 25.1 Å². The molecule has 1 aliphatic rings. The molecule has 2 rings (SSSR count). The zero-order chi connectivity index (χ0) is 17.9. The number of amides is 2. The molecule has 1 aliphatic heterocycles. The van der Waals surface area contributed by atoms with Crippen LogP contribution in [0.5, 0.6) is 0 Å². The quantitative estimate of drug-likeness (QED) is 0.383. The second kappa shape index (κ2) is 7.00. The molecule has 124 valence electrons. The molecule has 1 aromatic carbocycles. The van der Waals surface area contributed by atoms with Crippen LogP contribution in [0.1, 0.15) is 13.8 Å². The van der Waals surface area contributed by atoms with Crippen LogP contribution in [-0.2, 0) is 9.59 Å². The fourth-order valence-electron chi connectivity index (χ4n) is 1.82. The van der Waals surface area contributed by atoms with E-state index in [0.717, 1.165) is 5.01 Å². The van der Waals surface area contributed by atoms with Gasteiger partial charge in [-0.25, -0.2) is 4.99 Å². The van der Waals surface area contributed by atoms with E-state index in [0.29, 0.717) is 11.4 Å². The summed E-state index contributed by atoms with van der Waals surface area (Å²) in [5.41, 5.74) is 2.85. The summed E-state index contributed by atoms with van der Waals surface area (Å²) in [6, 6.07) is 4.31. The first-order valence-corrected chi connectivity index (χ1v) is 7.06. The molecule has 11 heteroatoms. The van der Waals surface area contributed by atoms with Gasteiger partial charge in [-0.1, -0.05) is 0 Å². The lowest BCUT2D eigenvalue weighted by molar-refractivity contribution is -0.384. The molecule has 1 N–H and O–H groups in total. The number of carbonyl (C=O) groups is 2. The van der Waals surface area contributed by atoms with E-state index in [1.807, 2.05) is 0 Å². The number of hydrogen-bond acceptors (Lipinski definition) is 7. The van der Waals surface area contributed by atoms with E-state index in [2.05, 4.69) is 20.6 Å². The van der Waals surface area contributed by atoms with Gasteiger partial charge in [0.2, 0.25) is 11.0 Å². The highest BCUT2D eigenvalue weighted by Gasteiger charge is 2.34. The lowest BCUT2D eigenvalue weighted by Crippen LogP contribution is -2.55. The SMILES string of the molecule is CC(=O)NN1C(=O)[C@H](N=Nc2ccc([N+](=O)[O-])cc2)C(C)=NC1=S. The predicted molar refractivity (Wildman–Crippen MR) is 87.8 cm³/mol. The maximum absolute atomic E-state index is 12.3. The van der Waals surface area contributed by atoms with Crippen LogP contribution in [-0.4, -0.2) is 38.6 Å². The van der Waals surface area contributed by atoms with Crippen LogP contribution in [0.4, 0.5) is 11.4 Å². The highest BCUT2D eigenvalue weighted by atomic mass is 32.1. The molecule has 2 amide bonds. The molecule has 10 nitrogen and oxygen atoms in total. The largest absolute Gasteiger partial charge is 0.280 e. The van der Waals surface area contributed by atoms with Crippen molar-refractivity contribution in [2.75, 3.05) is 0 Å². The van der Waals surface area contributed by atoms with Gasteiger partial charge in [0.25, 0.3) is 11.6 Å². The molecule has 0 bridgehead atoms. The van der Waals surface area contributed by atoms with E-state index in [4.69, 9.17) is 12.2 Å². The number of non-ortho nitro benzene ring substituents is 1. The summed E-state index contributed by atoms with van der Waals surface area (Å²) in [7, 11) is 0. The Morgan fingerprint density at radius 2 is 2.04 bits per heavy atom. The number of hydrogen-bond donors (Lipinski definition) is 1. The number of nitro benzene ring substituents is 1. The van der Waals surface area contributed by atoms with Crippen molar-refractivity contribution in [1.82, 2.24) is 10.4 Å². The molecule has 24 heavy (non-hydrogen) atoms. The van der Waals surface area contributed by atoms with Gasteiger partial charge < -0.3 is 0 Å². The molecule has 1 atom stereocenters. The molecule has 0 saturated heterocycles. The minimum absolute atomic E-state index is 0.0809. The molecule has 1 heterocycles. The van der Waals surface area contributed by atoms with Gasteiger partial charge in [0.15, 0.2) is 6.04 Å². The van der Waals surface area contributed by atoms with Gasteiger partial charge in [0.05, 0.1) is 16.3 Å². The first-order valence-electron chi connectivity index (χ1n) is 6.65. The monoisotopic (exact) mass is 348 g/mol. The van der Waals surface area contributed by atoms with Crippen LogP contribution in [0.3, 0.4) is 0 Å². The maximum Gasteiger partial charge on any atom is 0.280 e. The first-order chi connectivity index (χ1) is 11.3. The molecule has 1 aromatic rings. The summed E-state index contributed by atoms with van der Waals surface area (Å²) in [6.45, 7) is 2.79. The Labute approximate surface area is 141 Å². The van der Waals surface area contributed by atoms with E-state index in [9.17, 15) is 19.7 Å². The van der Waals surface area contributed by atoms with Crippen molar-refractivity contribution in [3.63, 3.8) is 0 Å². The number of azo groups is 1. The first kappa shape index (κ1) is 17.3. The normalized spacial score (nSPS) is 17.8. The maximum atomic E-state index is 12.3. The van der Waals surface area contributed by atoms with E-state index in [-0.39, 0.29) is 10.8 Å². The summed E-state index contributed by atoms with van der Waals surface area (Å²) in [5.74, 6) is -1.07. The number of rotatable bonds is 4. The minimum atomic E-state index is -1.04. The van der Waals surface area contributed by atoms with E-state index < -0.39 is 22.8 Å². The van der Waals surface area contributed by atoms with Gasteiger partial charge in [0.1, 0.15) is 0 Å². The van der Waals surface area contributed by atoms with Gasteiger partial charge in [-0.15, -0.1) is 0 Å². The fourth-order valence-corrected chi connectivity index (χ4v) is 2.10. The van der Waals surface area contributed by atoms with Crippen LogP contribution < -0.4 is 5.43 Å². The number of nitro groups is 1. The topological polar surface area (TPSA) is 130 Å². The molecule has 0 aliphatic carbocycles. The smallest absolute Gasteiger partial charge is 0.274 e. The lowest BCUT2D eigenvalue weighted by Gasteiger charge is -2.27. The molecular formula is C13H12N6O4S. The fraction of sp³-hybridized carbons (Fsp3) is 0.231. The van der Waals surface area contributed by atoms with Crippen molar-refractivity contribution in [3.8, 4) is 0 Å². The number of thiocarbonyl (C=S) groups is 1. The Bertz CT molecular complexity index is 773. The number of aliphatic imine (C=N–C) groups is 1. The molecule has 0 aromatic heterocycles.